The molecule has 0 fully saturated rings. The van der Waals surface area contributed by atoms with Crippen LogP contribution in [-0.2, 0) is 6.54 Å². The molecule has 1 rings (SSSR count). The summed E-state index contributed by atoms with van der Waals surface area (Å²) in [4.78, 5) is 15.6. The van der Waals surface area contributed by atoms with Crippen LogP contribution < -0.4 is 11.1 Å². The van der Waals surface area contributed by atoms with Crippen molar-refractivity contribution in [1.29, 1.82) is 0 Å². The number of amides is 1. The average Bonchev–Trinajstić information content (AvgIpc) is 2.78. The first-order valence-electron chi connectivity index (χ1n) is 5.85. The molecule has 6 heteroatoms. The van der Waals surface area contributed by atoms with Gasteiger partial charge in [0.25, 0.3) is 5.91 Å². The smallest absolute Gasteiger partial charge is 0.271 e. The van der Waals surface area contributed by atoms with E-state index in [1.807, 2.05) is 6.92 Å². The summed E-state index contributed by atoms with van der Waals surface area (Å²) >= 11 is 0. The Morgan fingerprint density at radius 3 is 3.12 bits per heavy atom. The van der Waals surface area contributed by atoms with Gasteiger partial charge in [0.1, 0.15) is 5.69 Å². The summed E-state index contributed by atoms with van der Waals surface area (Å²) in [5.41, 5.74) is 5.78. The zero-order valence-electron chi connectivity index (χ0n) is 10.1. The third-order valence-electron chi connectivity index (χ3n) is 2.49. The van der Waals surface area contributed by atoms with Crippen LogP contribution in [-0.4, -0.2) is 39.8 Å². The van der Waals surface area contributed by atoms with E-state index in [0.29, 0.717) is 38.2 Å². The van der Waals surface area contributed by atoms with Crippen LogP contribution in [0.2, 0.25) is 0 Å². The first kappa shape index (κ1) is 13.7. The van der Waals surface area contributed by atoms with Gasteiger partial charge in [0.2, 0.25) is 0 Å². The van der Waals surface area contributed by atoms with Gasteiger partial charge in [-0.25, -0.2) is 4.98 Å². The van der Waals surface area contributed by atoms with Crippen molar-refractivity contribution in [2.24, 2.45) is 5.73 Å². The van der Waals surface area contributed by atoms with Crippen molar-refractivity contribution in [2.45, 2.75) is 32.4 Å². The lowest BCUT2D eigenvalue weighted by atomic mass is 10.2. The van der Waals surface area contributed by atoms with Crippen LogP contribution in [0, 0.1) is 0 Å². The minimum absolute atomic E-state index is 0.218. The number of hydrogen-bond acceptors (Lipinski definition) is 4. The maximum Gasteiger partial charge on any atom is 0.271 e. The van der Waals surface area contributed by atoms with Crippen LogP contribution in [0.15, 0.2) is 12.5 Å². The fourth-order valence-electron chi connectivity index (χ4n) is 1.40. The molecule has 0 aliphatic rings. The maximum atomic E-state index is 11.6. The van der Waals surface area contributed by atoms with Gasteiger partial charge < -0.3 is 20.7 Å². The Bertz CT molecular complexity index is 351. The molecule has 0 saturated heterocycles. The second kappa shape index (κ2) is 7.03. The van der Waals surface area contributed by atoms with Gasteiger partial charge in [0, 0.05) is 25.8 Å². The second-order valence-corrected chi connectivity index (χ2v) is 3.89. The van der Waals surface area contributed by atoms with Gasteiger partial charge in [-0.2, -0.15) is 0 Å². The molecule has 17 heavy (non-hydrogen) atoms. The van der Waals surface area contributed by atoms with Crippen molar-refractivity contribution in [3.63, 3.8) is 0 Å². The Morgan fingerprint density at radius 2 is 2.47 bits per heavy atom. The highest BCUT2D eigenvalue weighted by atomic mass is 16.3. The number of carbonyl (C=O) groups excluding carboxylic acids is 1. The number of aliphatic hydroxyl groups excluding tert-OH is 1. The largest absolute Gasteiger partial charge is 0.393 e. The van der Waals surface area contributed by atoms with E-state index in [0.717, 1.165) is 0 Å². The number of rotatable bonds is 7. The molecule has 1 unspecified atom stereocenters. The molecule has 0 spiro atoms. The van der Waals surface area contributed by atoms with Crippen molar-refractivity contribution in [1.82, 2.24) is 14.9 Å². The zero-order chi connectivity index (χ0) is 12.7. The van der Waals surface area contributed by atoms with Crippen molar-refractivity contribution in [2.75, 3.05) is 13.1 Å². The molecule has 1 aromatic rings. The summed E-state index contributed by atoms with van der Waals surface area (Å²) < 4.78 is 1.77. The number of nitrogens with one attached hydrogen (secondary N) is 1. The monoisotopic (exact) mass is 240 g/mol. The Labute approximate surface area is 101 Å². The second-order valence-electron chi connectivity index (χ2n) is 3.89. The van der Waals surface area contributed by atoms with Gasteiger partial charge in [-0.1, -0.05) is 6.92 Å². The lowest BCUT2D eigenvalue weighted by molar-refractivity contribution is 0.0937. The molecule has 0 radical (unpaired) electrons. The van der Waals surface area contributed by atoms with Gasteiger partial charge in [-0.05, 0) is 12.8 Å². The van der Waals surface area contributed by atoms with Crippen LogP contribution in [0.1, 0.15) is 30.3 Å². The van der Waals surface area contributed by atoms with Crippen LogP contribution in [0.3, 0.4) is 0 Å². The molecule has 0 aliphatic carbocycles. The average molecular weight is 240 g/mol. The lowest BCUT2D eigenvalue weighted by Gasteiger charge is -2.07. The summed E-state index contributed by atoms with van der Waals surface area (Å²) in [5.74, 6) is -0.218. The van der Waals surface area contributed by atoms with Gasteiger partial charge in [-0.15, -0.1) is 0 Å². The number of nitrogens with zero attached hydrogens (tertiary/aromatic N) is 2. The van der Waals surface area contributed by atoms with E-state index in [1.54, 1.807) is 17.1 Å². The van der Waals surface area contributed by atoms with Crippen molar-refractivity contribution < 1.29 is 9.90 Å². The molecular weight excluding hydrogens is 220 g/mol. The number of carbonyl (C=O) groups is 1. The predicted octanol–water partition coefficient (Wildman–Crippen LogP) is -0.267. The van der Waals surface area contributed by atoms with E-state index in [1.165, 1.54) is 0 Å². The quantitative estimate of drug-likeness (QED) is 0.611. The Morgan fingerprint density at radius 1 is 1.71 bits per heavy atom. The summed E-state index contributed by atoms with van der Waals surface area (Å²) in [6.07, 6.45) is 4.15. The molecule has 0 aromatic carbocycles. The van der Waals surface area contributed by atoms with Crippen LogP contribution in [0.25, 0.3) is 0 Å². The molecule has 1 amide bonds. The van der Waals surface area contributed by atoms with Crippen LogP contribution >= 0.6 is 0 Å². The van der Waals surface area contributed by atoms with Crippen molar-refractivity contribution in [3.05, 3.63) is 18.2 Å². The fourth-order valence-corrected chi connectivity index (χ4v) is 1.40. The number of aromatic nitrogens is 2. The molecule has 1 aromatic heterocycles. The van der Waals surface area contributed by atoms with Gasteiger partial charge >= 0.3 is 0 Å². The highest BCUT2D eigenvalue weighted by Gasteiger charge is 2.09. The number of imidazole rings is 1. The summed E-state index contributed by atoms with van der Waals surface area (Å²) in [5, 5.41) is 12.0. The molecule has 0 aliphatic heterocycles. The van der Waals surface area contributed by atoms with E-state index in [9.17, 15) is 9.90 Å². The Kier molecular flexibility index (Phi) is 5.65. The third-order valence-corrected chi connectivity index (χ3v) is 2.49. The molecule has 1 atom stereocenters. The van der Waals surface area contributed by atoms with E-state index < -0.39 is 0 Å². The SMILES string of the molecule is CCC(O)CCNC(=O)c1cn(CCN)cn1. The number of hydrogen-bond donors (Lipinski definition) is 3. The summed E-state index contributed by atoms with van der Waals surface area (Å²) in [6, 6.07) is 0. The molecule has 0 bridgehead atoms. The molecule has 96 valence electrons. The predicted molar refractivity (Wildman–Crippen MR) is 64.5 cm³/mol. The summed E-state index contributed by atoms with van der Waals surface area (Å²) in [6.45, 7) is 3.52. The molecule has 4 N–H and O–H groups in total. The van der Waals surface area contributed by atoms with Gasteiger partial charge in [0.05, 0.1) is 12.4 Å². The minimum atomic E-state index is -0.356. The first-order chi connectivity index (χ1) is 8.17. The van der Waals surface area contributed by atoms with Crippen LogP contribution in [0.5, 0.6) is 0 Å². The topological polar surface area (TPSA) is 93.2 Å². The van der Waals surface area contributed by atoms with Crippen LogP contribution in [0.4, 0.5) is 0 Å². The third kappa shape index (κ3) is 4.54. The Balaban J connectivity index is 2.36. The fraction of sp³-hybridized carbons (Fsp3) is 0.636. The Hall–Kier alpha value is -1.40. The van der Waals surface area contributed by atoms with E-state index in [-0.39, 0.29) is 12.0 Å². The van der Waals surface area contributed by atoms with E-state index in [2.05, 4.69) is 10.3 Å². The summed E-state index contributed by atoms with van der Waals surface area (Å²) in [7, 11) is 0. The number of aliphatic hydroxyl groups is 1. The first-order valence-corrected chi connectivity index (χ1v) is 5.85. The molecule has 6 nitrogen and oxygen atoms in total. The molecule has 0 saturated carbocycles. The van der Waals surface area contributed by atoms with Crippen molar-refractivity contribution >= 4 is 5.91 Å². The highest BCUT2D eigenvalue weighted by molar-refractivity contribution is 5.91. The molecular formula is C11H20N4O2. The van der Waals surface area contributed by atoms with Crippen molar-refractivity contribution in [3.8, 4) is 0 Å². The van der Waals surface area contributed by atoms with Gasteiger partial charge in [-0.3, -0.25) is 4.79 Å². The number of nitrogens with two attached hydrogens (primary N) is 1. The minimum Gasteiger partial charge on any atom is -0.393 e. The van der Waals surface area contributed by atoms with Gasteiger partial charge in [0.15, 0.2) is 0 Å². The normalized spacial score (nSPS) is 12.4. The molecule has 1 heterocycles. The zero-order valence-corrected chi connectivity index (χ0v) is 10.1. The highest BCUT2D eigenvalue weighted by Crippen LogP contribution is 1.98. The maximum absolute atomic E-state index is 11.6. The van der Waals surface area contributed by atoms with E-state index >= 15 is 0 Å². The van der Waals surface area contributed by atoms with E-state index in [4.69, 9.17) is 5.73 Å². The standard InChI is InChI=1S/C11H20N4O2/c1-2-9(16)3-5-13-11(17)10-7-15(6-4-12)8-14-10/h7-9,16H,2-6,12H2,1H3,(H,13,17). The lowest BCUT2D eigenvalue weighted by Crippen LogP contribution is -2.27.